The predicted octanol–water partition coefficient (Wildman–Crippen LogP) is 3.14. The molecular formula is C16H19NO3. The number of rotatable bonds is 6. The number of carbonyl (C=O) groups is 1. The molecule has 20 heavy (non-hydrogen) atoms. The highest BCUT2D eigenvalue weighted by Gasteiger charge is 2.13. The molecule has 0 unspecified atom stereocenters. The fourth-order valence-electron chi connectivity index (χ4n) is 2.27. The molecule has 0 saturated heterocycles. The monoisotopic (exact) mass is 273 g/mol. The molecule has 0 fully saturated rings. The second-order valence-corrected chi connectivity index (χ2v) is 4.69. The summed E-state index contributed by atoms with van der Waals surface area (Å²) in [6.45, 7) is 5.14. The van der Waals surface area contributed by atoms with Crippen LogP contribution in [-0.2, 0) is 13.0 Å². The Morgan fingerprint density at radius 2 is 2.15 bits per heavy atom. The molecule has 106 valence electrons. The minimum absolute atomic E-state index is 0.378. The minimum atomic E-state index is -0.875. The SMILES string of the molecule is CCc1c(C(=O)O)ccn1CCOc1cccc(C)c1. The molecule has 0 saturated carbocycles. The molecule has 0 aliphatic carbocycles. The summed E-state index contributed by atoms with van der Waals surface area (Å²) in [5.74, 6) is -0.0335. The van der Waals surface area contributed by atoms with Crippen molar-refractivity contribution in [3.8, 4) is 5.75 Å². The number of aryl methyl sites for hydroxylation is 1. The van der Waals surface area contributed by atoms with E-state index < -0.39 is 5.97 Å². The van der Waals surface area contributed by atoms with Gasteiger partial charge in [0.25, 0.3) is 0 Å². The predicted molar refractivity (Wildman–Crippen MR) is 77.4 cm³/mol. The maximum atomic E-state index is 11.1. The molecule has 1 aromatic carbocycles. The standard InChI is InChI=1S/C16H19NO3/c1-3-15-14(16(18)19)7-8-17(15)9-10-20-13-6-4-5-12(2)11-13/h4-8,11H,3,9-10H2,1-2H3,(H,18,19). The van der Waals surface area contributed by atoms with E-state index in [1.165, 1.54) is 0 Å². The first-order valence-electron chi connectivity index (χ1n) is 6.72. The largest absolute Gasteiger partial charge is 0.492 e. The van der Waals surface area contributed by atoms with Gasteiger partial charge in [-0.1, -0.05) is 19.1 Å². The number of carboxylic acid groups (broad SMARTS) is 1. The van der Waals surface area contributed by atoms with E-state index >= 15 is 0 Å². The van der Waals surface area contributed by atoms with Gasteiger partial charge >= 0.3 is 5.97 Å². The summed E-state index contributed by atoms with van der Waals surface area (Å²) in [6.07, 6.45) is 2.50. The van der Waals surface area contributed by atoms with E-state index in [0.29, 0.717) is 25.1 Å². The number of hydrogen-bond acceptors (Lipinski definition) is 2. The Labute approximate surface area is 118 Å². The van der Waals surface area contributed by atoms with Gasteiger partial charge in [-0.2, -0.15) is 0 Å². The van der Waals surface area contributed by atoms with Crippen LogP contribution in [0, 0.1) is 6.92 Å². The van der Waals surface area contributed by atoms with Gasteiger partial charge in [-0.25, -0.2) is 4.79 Å². The van der Waals surface area contributed by atoms with Gasteiger partial charge in [-0.3, -0.25) is 0 Å². The van der Waals surface area contributed by atoms with Crippen molar-refractivity contribution in [2.45, 2.75) is 26.8 Å². The van der Waals surface area contributed by atoms with Crippen molar-refractivity contribution in [1.29, 1.82) is 0 Å². The second kappa shape index (κ2) is 6.28. The lowest BCUT2D eigenvalue weighted by Gasteiger charge is -2.10. The lowest BCUT2D eigenvalue weighted by molar-refractivity contribution is 0.0695. The minimum Gasteiger partial charge on any atom is -0.492 e. The van der Waals surface area contributed by atoms with E-state index in [1.807, 2.05) is 48.9 Å². The van der Waals surface area contributed by atoms with Crippen LogP contribution in [0.5, 0.6) is 5.75 Å². The average molecular weight is 273 g/mol. The average Bonchev–Trinajstić information content (AvgIpc) is 2.82. The third-order valence-electron chi connectivity index (χ3n) is 3.23. The Morgan fingerprint density at radius 3 is 2.80 bits per heavy atom. The number of nitrogens with zero attached hydrogens (tertiary/aromatic N) is 1. The number of benzene rings is 1. The molecular weight excluding hydrogens is 254 g/mol. The Kier molecular flexibility index (Phi) is 4.45. The van der Waals surface area contributed by atoms with Crippen molar-refractivity contribution < 1.29 is 14.6 Å². The Hall–Kier alpha value is -2.23. The van der Waals surface area contributed by atoms with Gasteiger partial charge in [0.2, 0.25) is 0 Å². The molecule has 0 bridgehead atoms. The van der Waals surface area contributed by atoms with Gasteiger partial charge in [0.15, 0.2) is 0 Å². The Bertz CT molecular complexity index is 602. The van der Waals surface area contributed by atoms with Crippen LogP contribution in [-0.4, -0.2) is 22.2 Å². The molecule has 1 heterocycles. The van der Waals surface area contributed by atoms with Crippen LogP contribution in [0.4, 0.5) is 0 Å². The molecule has 4 nitrogen and oxygen atoms in total. The first-order chi connectivity index (χ1) is 9.61. The molecule has 0 radical (unpaired) electrons. The van der Waals surface area contributed by atoms with E-state index in [-0.39, 0.29) is 0 Å². The van der Waals surface area contributed by atoms with Crippen molar-refractivity contribution in [3.63, 3.8) is 0 Å². The van der Waals surface area contributed by atoms with Gasteiger partial charge in [0.1, 0.15) is 12.4 Å². The maximum absolute atomic E-state index is 11.1. The van der Waals surface area contributed by atoms with Crippen LogP contribution >= 0.6 is 0 Å². The highest BCUT2D eigenvalue weighted by atomic mass is 16.5. The smallest absolute Gasteiger partial charge is 0.337 e. The molecule has 2 aromatic rings. The van der Waals surface area contributed by atoms with Crippen LogP contribution in [0.25, 0.3) is 0 Å². The summed E-state index contributed by atoms with van der Waals surface area (Å²) in [4.78, 5) is 11.1. The number of aromatic nitrogens is 1. The third kappa shape index (κ3) is 3.20. The van der Waals surface area contributed by atoms with Gasteiger partial charge < -0.3 is 14.4 Å². The van der Waals surface area contributed by atoms with E-state index in [0.717, 1.165) is 17.0 Å². The zero-order valence-electron chi connectivity index (χ0n) is 11.8. The molecule has 4 heteroatoms. The summed E-state index contributed by atoms with van der Waals surface area (Å²) in [7, 11) is 0. The normalized spacial score (nSPS) is 10.5. The van der Waals surface area contributed by atoms with Gasteiger partial charge in [0.05, 0.1) is 12.1 Å². The highest BCUT2D eigenvalue weighted by Crippen LogP contribution is 2.14. The summed E-state index contributed by atoms with van der Waals surface area (Å²) in [6, 6.07) is 9.53. The van der Waals surface area contributed by atoms with E-state index in [2.05, 4.69) is 0 Å². The second-order valence-electron chi connectivity index (χ2n) is 4.69. The third-order valence-corrected chi connectivity index (χ3v) is 3.23. The van der Waals surface area contributed by atoms with Crippen LogP contribution in [0.1, 0.15) is 28.5 Å². The van der Waals surface area contributed by atoms with Crippen LogP contribution in [0.3, 0.4) is 0 Å². The molecule has 1 N–H and O–H groups in total. The van der Waals surface area contributed by atoms with Crippen molar-refractivity contribution in [3.05, 3.63) is 53.3 Å². The first kappa shape index (κ1) is 14.2. The zero-order valence-corrected chi connectivity index (χ0v) is 11.8. The molecule has 0 aliphatic heterocycles. The summed E-state index contributed by atoms with van der Waals surface area (Å²) < 4.78 is 7.64. The fraction of sp³-hybridized carbons (Fsp3) is 0.312. The Balaban J connectivity index is 1.99. The fourth-order valence-corrected chi connectivity index (χ4v) is 2.27. The first-order valence-corrected chi connectivity index (χ1v) is 6.72. The molecule has 1 aromatic heterocycles. The number of ether oxygens (including phenoxy) is 1. The van der Waals surface area contributed by atoms with E-state index in [1.54, 1.807) is 6.07 Å². The number of hydrogen-bond donors (Lipinski definition) is 1. The van der Waals surface area contributed by atoms with Crippen LogP contribution in [0.15, 0.2) is 36.5 Å². The summed E-state index contributed by atoms with van der Waals surface area (Å²) >= 11 is 0. The van der Waals surface area contributed by atoms with Crippen molar-refractivity contribution in [1.82, 2.24) is 4.57 Å². The van der Waals surface area contributed by atoms with E-state index in [4.69, 9.17) is 9.84 Å². The number of aromatic carboxylic acids is 1. The van der Waals surface area contributed by atoms with Gasteiger partial charge in [-0.15, -0.1) is 0 Å². The molecule has 0 amide bonds. The molecule has 0 aliphatic rings. The maximum Gasteiger partial charge on any atom is 0.337 e. The summed E-state index contributed by atoms with van der Waals surface area (Å²) in [5.41, 5.74) is 2.37. The lowest BCUT2D eigenvalue weighted by Crippen LogP contribution is -2.11. The number of carboxylic acids is 1. The van der Waals surface area contributed by atoms with Crippen molar-refractivity contribution in [2.24, 2.45) is 0 Å². The topological polar surface area (TPSA) is 51.5 Å². The quantitative estimate of drug-likeness (QED) is 0.879. The summed E-state index contributed by atoms with van der Waals surface area (Å²) in [5, 5.41) is 9.10. The molecule has 2 rings (SSSR count). The van der Waals surface area contributed by atoms with E-state index in [9.17, 15) is 4.79 Å². The highest BCUT2D eigenvalue weighted by molar-refractivity contribution is 5.89. The zero-order chi connectivity index (χ0) is 14.5. The van der Waals surface area contributed by atoms with Crippen molar-refractivity contribution in [2.75, 3.05) is 6.61 Å². The van der Waals surface area contributed by atoms with Gasteiger partial charge in [-0.05, 0) is 37.1 Å². The Morgan fingerprint density at radius 1 is 1.35 bits per heavy atom. The van der Waals surface area contributed by atoms with Gasteiger partial charge in [0, 0.05) is 11.9 Å². The molecule has 0 atom stereocenters. The van der Waals surface area contributed by atoms with Crippen LogP contribution in [0.2, 0.25) is 0 Å². The van der Waals surface area contributed by atoms with Crippen molar-refractivity contribution >= 4 is 5.97 Å². The lowest BCUT2D eigenvalue weighted by atomic mass is 10.2. The molecule has 0 spiro atoms. The van der Waals surface area contributed by atoms with Crippen LogP contribution < -0.4 is 4.74 Å².